The molecule has 5 atom stereocenters. The quantitative estimate of drug-likeness (QED) is 0.0989. The largest absolute Gasteiger partial charge is 0.495 e. The van der Waals surface area contributed by atoms with Crippen LogP contribution < -0.4 is 4.74 Å². The molecule has 0 amide bonds. The van der Waals surface area contributed by atoms with Gasteiger partial charge in [-0.25, -0.2) is 0 Å². The number of hydrogen-bond donors (Lipinski definition) is 0. The van der Waals surface area contributed by atoms with E-state index in [-0.39, 0.29) is 17.2 Å². The summed E-state index contributed by atoms with van der Waals surface area (Å²) in [5, 5.41) is 0.124. The first-order valence-corrected chi connectivity index (χ1v) is 16.9. The molecule has 0 radical (unpaired) electrons. The van der Waals surface area contributed by atoms with E-state index >= 15 is 0 Å². The first kappa shape index (κ1) is 31.2. The minimum atomic E-state index is -1.99. The van der Waals surface area contributed by atoms with Gasteiger partial charge in [-0.2, -0.15) is 0 Å². The van der Waals surface area contributed by atoms with E-state index in [1.165, 1.54) is 5.56 Å². The second kappa shape index (κ2) is 14.2. The van der Waals surface area contributed by atoms with Crippen molar-refractivity contribution in [3.63, 3.8) is 0 Å². The molecule has 206 valence electrons. The lowest BCUT2D eigenvalue weighted by Gasteiger charge is -2.38. The van der Waals surface area contributed by atoms with Crippen molar-refractivity contribution in [1.29, 1.82) is 0 Å². The van der Waals surface area contributed by atoms with Gasteiger partial charge in [0.05, 0.1) is 11.9 Å². The fourth-order valence-corrected chi connectivity index (χ4v) is 6.13. The Morgan fingerprint density at radius 3 is 2.54 bits per heavy atom. The zero-order valence-corrected chi connectivity index (χ0v) is 25.6. The van der Waals surface area contributed by atoms with Gasteiger partial charge in [-0.3, -0.25) is 0 Å². The summed E-state index contributed by atoms with van der Waals surface area (Å²) < 4.78 is 19.5. The van der Waals surface area contributed by atoms with Crippen LogP contribution in [0.5, 0.6) is 5.75 Å². The van der Waals surface area contributed by atoms with Gasteiger partial charge in [0.25, 0.3) is 0 Å². The van der Waals surface area contributed by atoms with E-state index in [1.807, 2.05) is 24.3 Å². The number of benzene rings is 1. The third-order valence-electron chi connectivity index (χ3n) is 8.06. The molecule has 1 aliphatic rings. The van der Waals surface area contributed by atoms with E-state index in [2.05, 4.69) is 91.7 Å². The molecule has 2 rings (SSSR count). The molecule has 0 N–H and O–H groups in total. The second-order valence-corrected chi connectivity index (χ2v) is 17.0. The van der Waals surface area contributed by atoms with Crippen molar-refractivity contribution in [2.45, 2.75) is 97.1 Å². The standard InChI is InChI=1S/C33H52O3Si/c1-11-13-14-18-27(5)35-32-23-26(4)30(31(32)16-12-2)21-20-29(36-37(9,10)33(6,7)8)24-34-28-19-15-17-25(3)22-28/h11-12,15,17,19-22,26,29-32H,1-2,5,13-14,16,18,23-24H2,3-4,6-10H3/b21-20+/t26-,29-,30+,31-,32+/m1/s1. The lowest BCUT2D eigenvalue weighted by atomic mass is 9.87. The van der Waals surface area contributed by atoms with E-state index in [0.717, 1.165) is 43.6 Å². The van der Waals surface area contributed by atoms with Gasteiger partial charge in [0.1, 0.15) is 18.5 Å². The number of aryl methyl sites for hydroxylation is 1. The highest BCUT2D eigenvalue weighted by Gasteiger charge is 2.41. The molecule has 1 fully saturated rings. The fraction of sp³-hybridized carbons (Fsp3) is 0.576. The molecule has 0 saturated heterocycles. The highest BCUT2D eigenvalue weighted by Crippen LogP contribution is 2.43. The SMILES string of the molecule is C=CCCCC(=C)O[C@H]1C[C@@H](C)[C@H](/C=C/[C@H](COc2cccc(C)c2)O[Si](C)(C)C(C)(C)C)[C@H]1CC=C. The highest BCUT2D eigenvalue weighted by molar-refractivity contribution is 6.74. The van der Waals surface area contributed by atoms with Crippen molar-refractivity contribution in [3.05, 3.63) is 79.6 Å². The van der Waals surface area contributed by atoms with Crippen molar-refractivity contribution in [3.8, 4) is 5.75 Å². The summed E-state index contributed by atoms with van der Waals surface area (Å²) >= 11 is 0. The summed E-state index contributed by atoms with van der Waals surface area (Å²) in [7, 11) is -1.99. The molecule has 0 aromatic heterocycles. The van der Waals surface area contributed by atoms with Gasteiger partial charge in [0, 0.05) is 12.3 Å². The summed E-state index contributed by atoms with van der Waals surface area (Å²) in [5.41, 5.74) is 1.19. The number of ether oxygens (including phenoxy) is 2. The van der Waals surface area contributed by atoms with Crippen LogP contribution in [0.3, 0.4) is 0 Å². The van der Waals surface area contributed by atoms with Crippen molar-refractivity contribution < 1.29 is 13.9 Å². The molecule has 4 heteroatoms. The average Bonchev–Trinajstić information content (AvgIpc) is 3.09. The van der Waals surface area contributed by atoms with Gasteiger partial charge in [0.2, 0.25) is 0 Å². The first-order chi connectivity index (χ1) is 17.4. The number of rotatable bonds is 15. The van der Waals surface area contributed by atoms with Crippen molar-refractivity contribution in [2.24, 2.45) is 17.8 Å². The fourth-order valence-electron chi connectivity index (χ4n) is 4.87. The van der Waals surface area contributed by atoms with E-state index in [4.69, 9.17) is 13.9 Å². The van der Waals surface area contributed by atoms with Crippen LogP contribution >= 0.6 is 0 Å². The van der Waals surface area contributed by atoms with Gasteiger partial charge >= 0.3 is 0 Å². The monoisotopic (exact) mass is 524 g/mol. The van der Waals surface area contributed by atoms with Crippen molar-refractivity contribution in [1.82, 2.24) is 0 Å². The van der Waals surface area contributed by atoms with Gasteiger partial charge in [-0.15, -0.1) is 13.2 Å². The molecular formula is C33H52O3Si. The molecule has 0 unspecified atom stereocenters. The summed E-state index contributed by atoms with van der Waals surface area (Å²) in [6.07, 6.45) is 13.6. The third-order valence-corrected chi connectivity index (χ3v) is 12.6. The van der Waals surface area contributed by atoms with E-state index in [1.54, 1.807) is 0 Å². The summed E-state index contributed by atoms with van der Waals surface area (Å²) in [5.74, 6) is 3.07. The Morgan fingerprint density at radius 2 is 1.92 bits per heavy atom. The van der Waals surface area contributed by atoms with Crippen LogP contribution in [-0.4, -0.2) is 27.1 Å². The molecule has 1 aliphatic carbocycles. The highest BCUT2D eigenvalue weighted by atomic mass is 28.4. The summed E-state index contributed by atoms with van der Waals surface area (Å²) in [6.45, 7) is 28.4. The maximum Gasteiger partial charge on any atom is 0.193 e. The van der Waals surface area contributed by atoms with Crippen LogP contribution in [0.15, 0.2) is 74.1 Å². The summed E-state index contributed by atoms with van der Waals surface area (Å²) in [6, 6.07) is 8.22. The topological polar surface area (TPSA) is 27.7 Å². The van der Waals surface area contributed by atoms with Crippen LogP contribution in [-0.2, 0) is 9.16 Å². The molecule has 0 spiro atoms. The Hall–Kier alpha value is -2.04. The van der Waals surface area contributed by atoms with E-state index in [0.29, 0.717) is 24.4 Å². The zero-order chi connectivity index (χ0) is 27.6. The molecule has 1 aromatic carbocycles. The second-order valence-electron chi connectivity index (χ2n) is 12.3. The first-order valence-electron chi connectivity index (χ1n) is 14.0. The van der Waals surface area contributed by atoms with Crippen molar-refractivity contribution in [2.75, 3.05) is 6.61 Å². The molecule has 0 bridgehead atoms. The van der Waals surface area contributed by atoms with E-state index < -0.39 is 8.32 Å². The zero-order valence-electron chi connectivity index (χ0n) is 24.6. The molecular weight excluding hydrogens is 472 g/mol. The van der Waals surface area contributed by atoms with Gasteiger partial charge in [-0.1, -0.05) is 70.7 Å². The summed E-state index contributed by atoms with van der Waals surface area (Å²) in [4.78, 5) is 0. The van der Waals surface area contributed by atoms with E-state index in [9.17, 15) is 0 Å². The Balaban J connectivity index is 2.19. The Labute approximate surface area is 228 Å². The van der Waals surface area contributed by atoms with Crippen LogP contribution in [0.1, 0.15) is 65.4 Å². The van der Waals surface area contributed by atoms with Crippen LogP contribution in [0.25, 0.3) is 0 Å². The Bertz CT molecular complexity index is 910. The lowest BCUT2D eigenvalue weighted by molar-refractivity contribution is 0.0726. The molecule has 0 heterocycles. The van der Waals surface area contributed by atoms with Crippen molar-refractivity contribution >= 4 is 8.32 Å². The maximum absolute atomic E-state index is 6.84. The molecule has 37 heavy (non-hydrogen) atoms. The Kier molecular flexibility index (Phi) is 12.0. The predicted molar refractivity (Wildman–Crippen MR) is 162 cm³/mol. The lowest BCUT2D eigenvalue weighted by Crippen LogP contribution is -2.45. The molecule has 1 aromatic rings. The third kappa shape index (κ3) is 9.65. The van der Waals surface area contributed by atoms with Gasteiger partial charge < -0.3 is 13.9 Å². The molecule has 0 aliphatic heterocycles. The molecule has 3 nitrogen and oxygen atoms in total. The van der Waals surface area contributed by atoms with Crippen LogP contribution in [0.4, 0.5) is 0 Å². The Morgan fingerprint density at radius 1 is 1.19 bits per heavy atom. The normalized spacial score (nSPS) is 23.1. The van der Waals surface area contributed by atoms with Crippen LogP contribution in [0.2, 0.25) is 18.1 Å². The number of hydrogen-bond acceptors (Lipinski definition) is 3. The number of allylic oxidation sites excluding steroid dienone is 4. The maximum atomic E-state index is 6.84. The molecule has 1 saturated carbocycles. The predicted octanol–water partition coefficient (Wildman–Crippen LogP) is 9.42. The number of unbranched alkanes of at least 4 members (excludes halogenated alkanes) is 1. The van der Waals surface area contributed by atoms with Crippen LogP contribution in [0, 0.1) is 24.7 Å². The smallest absolute Gasteiger partial charge is 0.193 e. The minimum Gasteiger partial charge on any atom is -0.495 e. The van der Waals surface area contributed by atoms with Gasteiger partial charge in [0.15, 0.2) is 8.32 Å². The minimum absolute atomic E-state index is 0.105. The average molecular weight is 525 g/mol. The van der Waals surface area contributed by atoms with Gasteiger partial charge in [-0.05, 0) is 80.3 Å².